The van der Waals surface area contributed by atoms with Crippen LogP contribution in [0.2, 0.25) is 0 Å². The molecule has 0 unspecified atom stereocenters. The molecule has 2 rings (SSSR count). The van der Waals surface area contributed by atoms with E-state index in [0.29, 0.717) is 0 Å². The smallest absolute Gasteiger partial charge is 0.0198 e. The second-order valence-corrected chi connectivity index (χ2v) is 3.06. The summed E-state index contributed by atoms with van der Waals surface area (Å²) in [4.78, 5) is 0. The highest BCUT2D eigenvalue weighted by Gasteiger charge is 1.93. The quantitative estimate of drug-likeness (QED) is 0.515. The molecular formula is C11H12. The van der Waals surface area contributed by atoms with Gasteiger partial charge in [0.25, 0.3) is 0 Å². The van der Waals surface area contributed by atoms with Gasteiger partial charge in [-0.05, 0) is 35.8 Å². The molecule has 11 heavy (non-hydrogen) atoms. The van der Waals surface area contributed by atoms with Crippen molar-refractivity contribution in [3.63, 3.8) is 0 Å². The lowest BCUT2D eigenvalue weighted by Crippen LogP contribution is -2.28. The molecule has 0 heteroatoms. The number of benzene rings is 1. The standard InChI is InChI=1S/C11H12/c1-9-5-4-7-10-6-2-3-8-11(9)10/h4-8H,2-3H2,1H3. The molecular weight excluding hydrogens is 132 g/mol. The summed E-state index contributed by atoms with van der Waals surface area (Å²) in [6.07, 6.45) is 7.07. The van der Waals surface area contributed by atoms with Crippen LogP contribution in [0.4, 0.5) is 0 Å². The number of hydrogen-bond donors (Lipinski definition) is 0. The Hall–Kier alpha value is -1.04. The molecule has 0 nitrogen and oxygen atoms in total. The monoisotopic (exact) mass is 144 g/mol. The number of fused-ring (bicyclic) bond motifs is 1. The molecule has 0 aromatic heterocycles. The molecule has 0 saturated carbocycles. The molecule has 0 atom stereocenters. The number of rotatable bonds is 0. The highest BCUT2D eigenvalue weighted by molar-refractivity contribution is 5.40. The average Bonchev–Trinajstić information content (AvgIpc) is 2.06. The largest absolute Gasteiger partial charge is 0.0764 e. The topological polar surface area (TPSA) is 0 Å². The molecule has 1 aliphatic carbocycles. The van der Waals surface area contributed by atoms with Gasteiger partial charge in [0.1, 0.15) is 0 Å². The molecule has 1 aromatic carbocycles. The Bertz CT molecular complexity index is 372. The molecule has 0 fully saturated rings. The summed E-state index contributed by atoms with van der Waals surface area (Å²) in [5, 5.41) is 2.86. The Labute approximate surface area is 66.9 Å². The van der Waals surface area contributed by atoms with Crippen LogP contribution in [0.5, 0.6) is 0 Å². The van der Waals surface area contributed by atoms with E-state index >= 15 is 0 Å². The lowest BCUT2D eigenvalue weighted by Gasteiger charge is -2.01. The highest BCUT2D eigenvalue weighted by Crippen LogP contribution is 1.96. The van der Waals surface area contributed by atoms with Crippen molar-refractivity contribution in [3.05, 3.63) is 34.2 Å². The molecule has 1 aliphatic rings. The fourth-order valence-corrected chi connectivity index (χ4v) is 1.63. The summed E-state index contributed by atoms with van der Waals surface area (Å²) in [5.74, 6) is 0. The van der Waals surface area contributed by atoms with Crippen molar-refractivity contribution >= 4 is 12.2 Å². The predicted octanol–water partition coefficient (Wildman–Crippen LogP) is 1.35. The molecule has 1 aromatic rings. The van der Waals surface area contributed by atoms with Gasteiger partial charge in [0.2, 0.25) is 0 Å². The molecule has 0 bridgehead atoms. The third-order valence-electron chi connectivity index (χ3n) is 2.24. The van der Waals surface area contributed by atoms with Crippen LogP contribution in [0.3, 0.4) is 0 Å². The minimum atomic E-state index is 1.20. The van der Waals surface area contributed by atoms with Crippen molar-refractivity contribution < 1.29 is 0 Å². The Morgan fingerprint density at radius 1 is 1.09 bits per heavy atom. The van der Waals surface area contributed by atoms with Gasteiger partial charge in [-0.1, -0.05) is 30.4 Å². The van der Waals surface area contributed by atoms with Gasteiger partial charge in [-0.15, -0.1) is 0 Å². The first-order valence-corrected chi connectivity index (χ1v) is 4.14. The van der Waals surface area contributed by atoms with Crippen LogP contribution in [0, 0.1) is 6.92 Å². The molecule has 0 N–H and O–H groups in total. The summed E-state index contributed by atoms with van der Waals surface area (Å²) < 4.78 is 0. The Balaban J connectivity index is 2.88. The summed E-state index contributed by atoms with van der Waals surface area (Å²) >= 11 is 0. The van der Waals surface area contributed by atoms with Gasteiger partial charge in [0, 0.05) is 0 Å². The van der Waals surface area contributed by atoms with Gasteiger partial charge in [-0.25, -0.2) is 0 Å². The van der Waals surface area contributed by atoms with Gasteiger partial charge >= 0.3 is 0 Å². The molecule has 0 amide bonds. The van der Waals surface area contributed by atoms with E-state index in [2.05, 4.69) is 37.3 Å². The van der Waals surface area contributed by atoms with Gasteiger partial charge in [-0.3, -0.25) is 0 Å². The first kappa shape index (κ1) is 6.66. The summed E-state index contributed by atoms with van der Waals surface area (Å²) in [6.45, 7) is 2.18. The highest BCUT2D eigenvalue weighted by atomic mass is 14.0. The second-order valence-electron chi connectivity index (χ2n) is 3.06. The molecule has 0 aliphatic heterocycles. The maximum Gasteiger partial charge on any atom is -0.0198 e. The second kappa shape index (κ2) is 2.54. The molecule has 0 saturated heterocycles. The van der Waals surface area contributed by atoms with Crippen LogP contribution in [0.25, 0.3) is 12.2 Å². The predicted molar refractivity (Wildman–Crippen MR) is 48.6 cm³/mol. The van der Waals surface area contributed by atoms with E-state index in [1.807, 2.05) is 0 Å². The van der Waals surface area contributed by atoms with Crippen LogP contribution in [-0.2, 0) is 0 Å². The van der Waals surface area contributed by atoms with Crippen LogP contribution in [0.15, 0.2) is 18.2 Å². The Morgan fingerprint density at radius 2 is 1.91 bits per heavy atom. The van der Waals surface area contributed by atoms with Crippen molar-refractivity contribution in [2.24, 2.45) is 0 Å². The Morgan fingerprint density at radius 3 is 2.73 bits per heavy atom. The van der Waals surface area contributed by atoms with E-state index in [0.717, 1.165) is 0 Å². The van der Waals surface area contributed by atoms with Crippen molar-refractivity contribution in [1.82, 2.24) is 0 Å². The minimum absolute atomic E-state index is 1.20. The maximum absolute atomic E-state index is 2.34. The summed E-state index contributed by atoms with van der Waals surface area (Å²) in [6, 6.07) is 6.50. The van der Waals surface area contributed by atoms with Crippen molar-refractivity contribution in [2.45, 2.75) is 19.8 Å². The van der Waals surface area contributed by atoms with Crippen molar-refractivity contribution in [2.75, 3.05) is 0 Å². The van der Waals surface area contributed by atoms with E-state index in [1.165, 1.54) is 28.8 Å². The van der Waals surface area contributed by atoms with Gasteiger partial charge in [-0.2, -0.15) is 0 Å². The zero-order chi connectivity index (χ0) is 7.68. The number of aryl methyl sites for hydroxylation is 1. The fourth-order valence-electron chi connectivity index (χ4n) is 1.63. The lowest BCUT2D eigenvalue weighted by molar-refractivity contribution is 1.11. The summed E-state index contributed by atoms with van der Waals surface area (Å²) in [7, 11) is 0. The normalized spacial score (nSPS) is 14.6. The minimum Gasteiger partial charge on any atom is -0.0764 e. The lowest BCUT2D eigenvalue weighted by atomic mass is 10.0. The van der Waals surface area contributed by atoms with Gasteiger partial charge < -0.3 is 0 Å². The van der Waals surface area contributed by atoms with E-state index in [4.69, 9.17) is 0 Å². The van der Waals surface area contributed by atoms with Crippen LogP contribution < -0.4 is 10.4 Å². The molecule has 0 spiro atoms. The third kappa shape index (κ3) is 1.09. The van der Waals surface area contributed by atoms with E-state index in [1.54, 1.807) is 0 Å². The molecule has 0 radical (unpaired) electrons. The molecule has 56 valence electrons. The van der Waals surface area contributed by atoms with Crippen LogP contribution in [0.1, 0.15) is 18.4 Å². The summed E-state index contributed by atoms with van der Waals surface area (Å²) in [5.41, 5.74) is 1.40. The van der Waals surface area contributed by atoms with Gasteiger partial charge in [0.15, 0.2) is 0 Å². The average molecular weight is 144 g/mol. The number of hydrogen-bond acceptors (Lipinski definition) is 0. The molecule has 0 heterocycles. The van der Waals surface area contributed by atoms with Gasteiger partial charge in [0.05, 0.1) is 0 Å². The maximum atomic E-state index is 2.34. The van der Waals surface area contributed by atoms with E-state index in [-0.39, 0.29) is 0 Å². The zero-order valence-electron chi connectivity index (χ0n) is 6.80. The third-order valence-corrected chi connectivity index (χ3v) is 2.24. The zero-order valence-corrected chi connectivity index (χ0v) is 6.80. The fraction of sp³-hybridized carbons (Fsp3) is 0.273. The van der Waals surface area contributed by atoms with Crippen molar-refractivity contribution in [3.8, 4) is 0 Å². The SMILES string of the molecule is Cc1cccc2c1=CCCC=2. The van der Waals surface area contributed by atoms with E-state index < -0.39 is 0 Å². The van der Waals surface area contributed by atoms with Crippen molar-refractivity contribution in [1.29, 1.82) is 0 Å². The van der Waals surface area contributed by atoms with Crippen LogP contribution >= 0.6 is 0 Å². The van der Waals surface area contributed by atoms with Crippen LogP contribution in [-0.4, -0.2) is 0 Å². The first-order chi connectivity index (χ1) is 5.38. The first-order valence-electron chi connectivity index (χ1n) is 4.14. The van der Waals surface area contributed by atoms with E-state index in [9.17, 15) is 0 Å². The Kier molecular flexibility index (Phi) is 1.54.